The number of nitrogens with zero attached hydrogens (tertiary/aromatic N) is 4. The van der Waals surface area contributed by atoms with Gasteiger partial charge in [0.1, 0.15) is 11.8 Å². The van der Waals surface area contributed by atoms with Crippen molar-refractivity contribution in [1.29, 1.82) is 0 Å². The zero-order chi connectivity index (χ0) is 51.0. The van der Waals surface area contributed by atoms with Gasteiger partial charge in [0.15, 0.2) is 0 Å². The second-order valence-corrected chi connectivity index (χ2v) is 23.6. The molecule has 2 aromatic carbocycles. The van der Waals surface area contributed by atoms with Crippen LogP contribution in [-0.4, -0.2) is 151 Å². The molecule has 70 heavy (non-hydrogen) atoms. The Labute approximate surface area is 422 Å². The maximum atomic E-state index is 14.8. The first-order valence-electron chi connectivity index (χ1n) is 27.1. The van der Waals surface area contributed by atoms with Crippen molar-refractivity contribution < 1.29 is 28.7 Å². The smallest absolute Gasteiger partial charge is 0.245 e. The molecular weight excluding hydrogens is 877 g/mol. The average molecular weight is 969 g/mol. The Morgan fingerprint density at radius 3 is 1.54 bits per heavy atom. The van der Waals surface area contributed by atoms with Gasteiger partial charge in [0.05, 0.1) is 42.5 Å². The van der Waals surface area contributed by atoms with Gasteiger partial charge in [-0.2, -0.15) is 0 Å². The van der Waals surface area contributed by atoms with Crippen LogP contribution in [-0.2, 0) is 41.5 Å². The first-order valence-corrected chi connectivity index (χ1v) is 27.1. The maximum absolute atomic E-state index is 14.8. The van der Waals surface area contributed by atoms with Crippen LogP contribution in [0.25, 0.3) is 0 Å². The molecule has 1 unspecified atom stereocenters. The second-order valence-electron chi connectivity index (χ2n) is 23.6. The van der Waals surface area contributed by atoms with Gasteiger partial charge >= 0.3 is 0 Å². The summed E-state index contributed by atoms with van der Waals surface area (Å²) in [6.45, 7) is 30.2. The van der Waals surface area contributed by atoms with E-state index in [0.717, 1.165) is 84.2 Å². The number of nitrogens with one attached hydrogen (secondary N) is 2. The quantitative estimate of drug-likeness (QED) is 0.115. The number of carbonyl (C=O) groups is 4. The number of carbonyl (C=O) groups excluding carboxylic acids is 4. The van der Waals surface area contributed by atoms with E-state index in [-0.39, 0.29) is 82.7 Å². The van der Waals surface area contributed by atoms with Crippen LogP contribution >= 0.6 is 0 Å². The van der Waals surface area contributed by atoms with Gasteiger partial charge in [-0.3, -0.25) is 29.0 Å². The van der Waals surface area contributed by atoms with Crippen LogP contribution in [0, 0.1) is 34.5 Å². The average Bonchev–Trinajstić information content (AvgIpc) is 3.64. The van der Waals surface area contributed by atoms with Crippen molar-refractivity contribution in [2.24, 2.45) is 34.5 Å². The van der Waals surface area contributed by atoms with E-state index in [4.69, 9.17) is 9.47 Å². The molecule has 12 nitrogen and oxygen atoms in total. The number of hydrogen-bond donors (Lipinski definition) is 2. The van der Waals surface area contributed by atoms with Crippen molar-refractivity contribution in [3.8, 4) is 0 Å². The number of fused-ring (bicyclic) bond motifs is 2. The summed E-state index contributed by atoms with van der Waals surface area (Å²) in [5.74, 6) is -0.413. The normalized spacial score (nSPS) is 29.2. The predicted molar refractivity (Wildman–Crippen MR) is 280 cm³/mol. The Bertz CT molecular complexity index is 1890. The largest absolute Gasteiger partial charge is 0.374 e. The molecule has 3 amide bonds. The van der Waals surface area contributed by atoms with E-state index in [1.165, 1.54) is 11.1 Å². The molecule has 2 N–H and O–H groups in total. The minimum atomic E-state index is -0.586. The minimum Gasteiger partial charge on any atom is -0.374 e. The van der Waals surface area contributed by atoms with Crippen LogP contribution in [0.2, 0.25) is 0 Å². The molecule has 10 atom stereocenters. The summed E-state index contributed by atoms with van der Waals surface area (Å²) in [6.07, 6.45) is 6.02. The fourth-order valence-corrected chi connectivity index (χ4v) is 12.4. The summed E-state index contributed by atoms with van der Waals surface area (Å²) in [6, 6.07) is 20.4. The molecule has 0 spiro atoms. The monoisotopic (exact) mass is 969 g/mol. The Morgan fingerprint density at radius 2 is 1.13 bits per heavy atom. The van der Waals surface area contributed by atoms with Gasteiger partial charge in [-0.15, -0.1) is 0 Å². The molecule has 12 heteroatoms. The molecule has 390 valence electrons. The summed E-state index contributed by atoms with van der Waals surface area (Å²) in [7, 11) is 1.80. The topological polar surface area (TPSA) is 124 Å². The van der Waals surface area contributed by atoms with Gasteiger partial charge in [-0.05, 0) is 107 Å². The molecule has 4 aliphatic heterocycles. The number of hydrogen-bond acceptors (Lipinski definition) is 9. The number of amides is 3. The van der Waals surface area contributed by atoms with E-state index in [9.17, 15) is 19.2 Å². The molecule has 2 aromatic rings. The van der Waals surface area contributed by atoms with E-state index < -0.39 is 17.1 Å². The van der Waals surface area contributed by atoms with Crippen LogP contribution in [0.1, 0.15) is 126 Å². The Balaban J connectivity index is 1.18. The number of likely N-dealkylation sites (tertiary alicyclic amines) is 4. The molecular formula is C58H92N6O6. The van der Waals surface area contributed by atoms with Crippen molar-refractivity contribution in [1.82, 2.24) is 30.2 Å². The molecule has 6 rings (SSSR count). The number of likely N-dealkylation sites (N-methyl/N-ethyl adjacent to an activating group) is 1. The molecule has 4 saturated heterocycles. The Hall–Kier alpha value is -3.68. The number of benzene rings is 2. The van der Waals surface area contributed by atoms with E-state index in [1.807, 2.05) is 34.6 Å². The van der Waals surface area contributed by atoms with Gasteiger partial charge < -0.3 is 29.9 Å². The fraction of sp³-hybridized carbons (Fsp3) is 0.724. The summed E-state index contributed by atoms with van der Waals surface area (Å²) in [5.41, 5.74) is 1.24. The summed E-state index contributed by atoms with van der Waals surface area (Å²) in [4.78, 5) is 65.3. The Morgan fingerprint density at radius 1 is 0.671 bits per heavy atom. The highest BCUT2D eigenvalue weighted by molar-refractivity contribution is 5.90. The van der Waals surface area contributed by atoms with Gasteiger partial charge in [0, 0.05) is 70.6 Å². The fourth-order valence-electron chi connectivity index (χ4n) is 12.4. The molecule has 4 fully saturated rings. The van der Waals surface area contributed by atoms with Gasteiger partial charge in [-0.25, -0.2) is 0 Å². The van der Waals surface area contributed by atoms with E-state index >= 15 is 0 Å². The van der Waals surface area contributed by atoms with Crippen molar-refractivity contribution in [2.45, 2.75) is 163 Å². The van der Waals surface area contributed by atoms with Crippen molar-refractivity contribution in [3.05, 3.63) is 71.8 Å². The standard InChI is InChI=1S/C58H92N6O6/c1-13-43(6)52(66)60-51(42(4)5)54(68)64-31-27-56(9)36-48(38-62(40-58(56,64)11)29-25-46-22-18-15-19-23-46)70-33-32-69-47-35-55(8)26-30-63(53(67)49(41(2)3)34-50(65)44(7)59-12)57(55,10)39-61(37-47)28-24-45-20-16-14-17-21-45/h14-23,41-44,47-49,51,59H,13,24-40H2,1-12H3,(H,60,66)/t43-,44+,47-,48-,49?,51+,55+,56+,57-,58-/m1/s1. The molecule has 0 aliphatic carbocycles. The van der Waals surface area contributed by atoms with Gasteiger partial charge in [-0.1, -0.05) is 116 Å². The van der Waals surface area contributed by atoms with Gasteiger partial charge in [0.2, 0.25) is 17.7 Å². The third kappa shape index (κ3) is 12.6. The summed E-state index contributed by atoms with van der Waals surface area (Å²) < 4.78 is 13.9. The number of rotatable bonds is 22. The van der Waals surface area contributed by atoms with E-state index in [0.29, 0.717) is 26.3 Å². The van der Waals surface area contributed by atoms with Crippen LogP contribution in [0.4, 0.5) is 0 Å². The third-order valence-corrected chi connectivity index (χ3v) is 18.1. The molecule has 0 radical (unpaired) electrons. The molecule has 4 heterocycles. The number of Topliss-reactive ketones (excluding diaryl/α,β-unsaturated/α-hetero) is 1. The summed E-state index contributed by atoms with van der Waals surface area (Å²) in [5, 5.41) is 6.24. The lowest BCUT2D eigenvalue weighted by molar-refractivity contribution is -0.146. The number of ketones is 1. The molecule has 0 bridgehead atoms. The van der Waals surface area contributed by atoms with E-state index in [1.54, 1.807) is 7.05 Å². The molecule has 4 aliphatic rings. The highest BCUT2D eigenvalue weighted by Crippen LogP contribution is 2.53. The molecule has 0 saturated carbocycles. The summed E-state index contributed by atoms with van der Waals surface area (Å²) >= 11 is 0. The van der Waals surface area contributed by atoms with Gasteiger partial charge in [0.25, 0.3) is 0 Å². The lowest BCUT2D eigenvalue weighted by atomic mass is 9.69. The SMILES string of the molecule is CC[C@@H](C)C(=O)N[C@H](C(=O)N1CC[C@@]2(C)C[C@@H](OCCO[C@H]3CN(CCc4ccccc4)C[C@@]4(C)N(C(=O)C(CC(=O)[C@H](C)NC)C(C)C)CC[C@@]4(C)C3)CN(CCc3ccccc3)C[C@@]12C)C(C)C. The first-order chi connectivity index (χ1) is 33.2. The van der Waals surface area contributed by atoms with E-state index in [2.05, 4.69) is 132 Å². The third-order valence-electron chi connectivity index (χ3n) is 18.1. The second kappa shape index (κ2) is 23.9. The highest BCUT2D eigenvalue weighted by atomic mass is 16.5. The van der Waals surface area contributed by atoms with Crippen molar-refractivity contribution in [3.63, 3.8) is 0 Å². The highest BCUT2D eigenvalue weighted by Gasteiger charge is 2.60. The Kier molecular flexibility index (Phi) is 19.0. The van der Waals surface area contributed by atoms with Crippen LogP contribution in [0.3, 0.4) is 0 Å². The number of ether oxygens (including phenoxy) is 2. The lowest BCUT2D eigenvalue weighted by Gasteiger charge is -2.47. The zero-order valence-corrected chi connectivity index (χ0v) is 45.4. The van der Waals surface area contributed by atoms with Crippen molar-refractivity contribution in [2.75, 3.05) is 72.6 Å². The van der Waals surface area contributed by atoms with Crippen LogP contribution in [0.5, 0.6) is 0 Å². The van der Waals surface area contributed by atoms with Crippen molar-refractivity contribution >= 4 is 23.5 Å². The zero-order valence-electron chi connectivity index (χ0n) is 45.4. The van der Waals surface area contributed by atoms with Crippen LogP contribution < -0.4 is 10.6 Å². The minimum absolute atomic E-state index is 0.0170. The predicted octanol–water partition coefficient (Wildman–Crippen LogP) is 7.67. The molecule has 0 aromatic heterocycles. The maximum Gasteiger partial charge on any atom is 0.245 e. The van der Waals surface area contributed by atoms with Crippen LogP contribution in [0.15, 0.2) is 60.7 Å². The lowest BCUT2D eigenvalue weighted by Crippen LogP contribution is -2.62. The first kappa shape index (κ1) is 55.6.